The molecule has 1 unspecified atom stereocenters. The summed E-state index contributed by atoms with van der Waals surface area (Å²) in [5.74, 6) is 0.857. The number of nitrogens with one attached hydrogen (secondary N) is 1. The van der Waals surface area contributed by atoms with Crippen molar-refractivity contribution in [3.63, 3.8) is 0 Å². The van der Waals surface area contributed by atoms with Crippen molar-refractivity contribution in [2.75, 3.05) is 26.2 Å². The smallest absolute Gasteiger partial charge is 0.409 e. The van der Waals surface area contributed by atoms with Crippen molar-refractivity contribution in [3.8, 4) is 0 Å². The first-order valence-corrected chi connectivity index (χ1v) is 9.71. The van der Waals surface area contributed by atoms with Gasteiger partial charge in [-0.25, -0.2) is 9.78 Å². The summed E-state index contributed by atoms with van der Waals surface area (Å²) in [6.45, 7) is 6.68. The molecule has 146 valence electrons. The molecule has 27 heavy (non-hydrogen) atoms. The second kappa shape index (κ2) is 8.88. The fraction of sp³-hybridized carbons (Fsp3) is 0.550. The number of hydrogen-bond acceptors (Lipinski definition) is 4. The van der Waals surface area contributed by atoms with Crippen LogP contribution in [-0.4, -0.2) is 52.7 Å². The normalized spacial score (nSPS) is 17.1. The lowest BCUT2D eigenvalue weighted by Crippen LogP contribution is -2.45. The van der Waals surface area contributed by atoms with E-state index in [-0.39, 0.29) is 17.9 Å². The molecule has 2 amide bonds. The Kier molecular flexibility index (Phi) is 6.32. The van der Waals surface area contributed by atoms with E-state index in [1.54, 1.807) is 11.8 Å². The minimum atomic E-state index is -0.322. The van der Waals surface area contributed by atoms with Gasteiger partial charge in [-0.1, -0.05) is 12.1 Å². The number of aromatic nitrogens is 2. The van der Waals surface area contributed by atoms with E-state index in [9.17, 15) is 9.59 Å². The molecule has 1 aromatic carbocycles. The Morgan fingerprint density at radius 3 is 2.96 bits per heavy atom. The molecule has 0 spiro atoms. The van der Waals surface area contributed by atoms with Gasteiger partial charge in [-0.2, -0.15) is 0 Å². The Bertz CT molecular complexity index is 802. The summed E-state index contributed by atoms with van der Waals surface area (Å²) in [5, 5.41) is 3.02. The minimum absolute atomic E-state index is 0.0243. The molecule has 1 fully saturated rings. The van der Waals surface area contributed by atoms with Gasteiger partial charge in [0, 0.05) is 26.2 Å². The summed E-state index contributed by atoms with van der Waals surface area (Å²) in [7, 11) is 0. The van der Waals surface area contributed by atoms with Gasteiger partial charge in [-0.3, -0.25) is 4.79 Å². The molecule has 3 rings (SSSR count). The Morgan fingerprint density at radius 1 is 1.33 bits per heavy atom. The maximum atomic E-state index is 12.5. The average molecular weight is 372 g/mol. The Hall–Kier alpha value is -2.57. The van der Waals surface area contributed by atoms with Crippen LogP contribution >= 0.6 is 0 Å². The Morgan fingerprint density at radius 2 is 2.15 bits per heavy atom. The van der Waals surface area contributed by atoms with Crippen LogP contribution in [0.2, 0.25) is 0 Å². The van der Waals surface area contributed by atoms with Crippen molar-refractivity contribution in [2.24, 2.45) is 5.92 Å². The third kappa shape index (κ3) is 4.59. The Labute approximate surface area is 159 Å². The minimum Gasteiger partial charge on any atom is -0.450 e. The predicted octanol–water partition coefficient (Wildman–Crippen LogP) is 2.72. The number of likely N-dealkylation sites (tertiary alicyclic amines) is 1. The zero-order valence-corrected chi connectivity index (χ0v) is 16.1. The van der Waals surface area contributed by atoms with E-state index < -0.39 is 0 Å². The summed E-state index contributed by atoms with van der Waals surface area (Å²) in [6.07, 6.45) is 2.16. The molecule has 7 nitrogen and oxygen atoms in total. The van der Waals surface area contributed by atoms with Gasteiger partial charge in [-0.15, -0.1) is 0 Å². The van der Waals surface area contributed by atoms with Crippen molar-refractivity contribution >= 4 is 23.0 Å². The van der Waals surface area contributed by atoms with Crippen LogP contribution in [-0.2, 0) is 16.1 Å². The number of carbonyl (C=O) groups is 2. The van der Waals surface area contributed by atoms with E-state index in [1.165, 1.54) is 0 Å². The second-order valence-electron chi connectivity index (χ2n) is 6.93. The number of fused-ring (bicyclic) bond motifs is 1. The molecule has 2 heterocycles. The van der Waals surface area contributed by atoms with E-state index >= 15 is 0 Å². The van der Waals surface area contributed by atoms with Crippen LogP contribution in [0, 0.1) is 12.8 Å². The molecule has 0 bridgehead atoms. The van der Waals surface area contributed by atoms with Crippen LogP contribution in [0.5, 0.6) is 0 Å². The fourth-order valence-electron chi connectivity index (χ4n) is 3.64. The molecular weight excluding hydrogens is 344 g/mol. The monoisotopic (exact) mass is 372 g/mol. The van der Waals surface area contributed by atoms with E-state index in [2.05, 4.69) is 20.9 Å². The highest BCUT2D eigenvalue weighted by molar-refractivity contribution is 5.80. The first-order valence-electron chi connectivity index (χ1n) is 9.71. The van der Waals surface area contributed by atoms with Crippen LogP contribution in [0.25, 0.3) is 11.0 Å². The lowest BCUT2D eigenvalue weighted by Gasteiger charge is -2.31. The SMILES string of the molecule is CCOC(=O)N1CCCC(C(=O)NCCCn2c(C)nc3ccccc32)C1. The van der Waals surface area contributed by atoms with Crippen molar-refractivity contribution in [1.82, 2.24) is 19.8 Å². The van der Waals surface area contributed by atoms with Gasteiger partial charge in [0.1, 0.15) is 5.82 Å². The summed E-state index contributed by atoms with van der Waals surface area (Å²) in [5.41, 5.74) is 2.12. The van der Waals surface area contributed by atoms with Crippen LogP contribution in [0.3, 0.4) is 0 Å². The highest BCUT2D eigenvalue weighted by Crippen LogP contribution is 2.18. The topological polar surface area (TPSA) is 76.5 Å². The number of para-hydroxylation sites is 2. The molecule has 0 radical (unpaired) electrons. The lowest BCUT2D eigenvalue weighted by molar-refractivity contribution is -0.126. The maximum absolute atomic E-state index is 12.5. The molecule has 1 saturated heterocycles. The number of piperidine rings is 1. The van der Waals surface area contributed by atoms with Crippen LogP contribution in [0.15, 0.2) is 24.3 Å². The average Bonchev–Trinajstić information content (AvgIpc) is 3.00. The van der Waals surface area contributed by atoms with Gasteiger partial charge in [0.05, 0.1) is 23.6 Å². The molecule has 1 aliphatic rings. The molecule has 1 aliphatic heterocycles. The van der Waals surface area contributed by atoms with E-state index in [0.717, 1.165) is 42.7 Å². The highest BCUT2D eigenvalue weighted by atomic mass is 16.6. The van der Waals surface area contributed by atoms with Gasteiger partial charge < -0.3 is 19.5 Å². The quantitative estimate of drug-likeness (QED) is 0.791. The third-order valence-electron chi connectivity index (χ3n) is 5.02. The number of nitrogens with zero attached hydrogens (tertiary/aromatic N) is 3. The number of rotatable bonds is 6. The molecule has 0 aliphatic carbocycles. The first kappa shape index (κ1) is 19.2. The van der Waals surface area contributed by atoms with E-state index in [0.29, 0.717) is 26.2 Å². The number of benzene rings is 1. The number of imidazole rings is 1. The van der Waals surface area contributed by atoms with Crippen molar-refractivity contribution in [1.29, 1.82) is 0 Å². The van der Waals surface area contributed by atoms with Crippen molar-refractivity contribution in [3.05, 3.63) is 30.1 Å². The van der Waals surface area contributed by atoms with Gasteiger partial charge >= 0.3 is 6.09 Å². The van der Waals surface area contributed by atoms with Crippen LogP contribution < -0.4 is 5.32 Å². The Balaban J connectivity index is 1.46. The van der Waals surface area contributed by atoms with E-state index in [4.69, 9.17) is 4.74 Å². The summed E-state index contributed by atoms with van der Waals surface area (Å²) in [6, 6.07) is 8.09. The lowest BCUT2D eigenvalue weighted by atomic mass is 9.97. The molecule has 7 heteroatoms. The standard InChI is InChI=1S/C20H28N4O3/c1-3-27-20(26)23-12-6-8-16(14-23)19(25)21-11-7-13-24-15(2)22-17-9-4-5-10-18(17)24/h4-5,9-10,16H,3,6-8,11-14H2,1-2H3,(H,21,25). The summed E-state index contributed by atoms with van der Waals surface area (Å²) in [4.78, 5) is 30.5. The fourth-order valence-corrected chi connectivity index (χ4v) is 3.64. The first-order chi connectivity index (χ1) is 13.1. The second-order valence-corrected chi connectivity index (χ2v) is 6.93. The third-order valence-corrected chi connectivity index (χ3v) is 5.02. The summed E-state index contributed by atoms with van der Waals surface area (Å²) < 4.78 is 7.23. The van der Waals surface area contributed by atoms with Crippen LogP contribution in [0.1, 0.15) is 32.0 Å². The highest BCUT2D eigenvalue weighted by Gasteiger charge is 2.28. The molecule has 1 N–H and O–H groups in total. The summed E-state index contributed by atoms with van der Waals surface area (Å²) >= 11 is 0. The number of hydrogen-bond donors (Lipinski definition) is 1. The zero-order valence-electron chi connectivity index (χ0n) is 16.1. The van der Waals surface area contributed by atoms with Crippen molar-refractivity contribution in [2.45, 2.75) is 39.7 Å². The van der Waals surface area contributed by atoms with Gasteiger partial charge in [0.25, 0.3) is 0 Å². The van der Waals surface area contributed by atoms with Crippen molar-refractivity contribution < 1.29 is 14.3 Å². The predicted molar refractivity (Wildman–Crippen MR) is 103 cm³/mol. The van der Waals surface area contributed by atoms with Crippen LogP contribution in [0.4, 0.5) is 4.79 Å². The molecule has 1 aromatic heterocycles. The number of amides is 2. The molecule has 1 atom stereocenters. The maximum Gasteiger partial charge on any atom is 0.409 e. The number of aryl methyl sites for hydroxylation is 2. The molecular formula is C20H28N4O3. The molecule has 0 saturated carbocycles. The van der Waals surface area contributed by atoms with Gasteiger partial charge in [0.2, 0.25) is 5.91 Å². The number of carbonyl (C=O) groups excluding carboxylic acids is 2. The number of ether oxygens (including phenoxy) is 1. The zero-order chi connectivity index (χ0) is 19.2. The van der Waals surface area contributed by atoms with Gasteiger partial charge in [-0.05, 0) is 45.2 Å². The molecule has 2 aromatic rings. The van der Waals surface area contributed by atoms with E-state index in [1.807, 2.05) is 25.1 Å². The largest absolute Gasteiger partial charge is 0.450 e. The van der Waals surface area contributed by atoms with Gasteiger partial charge in [0.15, 0.2) is 0 Å².